The van der Waals surface area contributed by atoms with E-state index in [4.69, 9.17) is 20.3 Å². The van der Waals surface area contributed by atoms with Crippen molar-refractivity contribution < 1.29 is 25.1 Å². The summed E-state index contributed by atoms with van der Waals surface area (Å²) in [6, 6.07) is 4.34. The lowest BCUT2D eigenvalue weighted by molar-refractivity contribution is 0.0697. The van der Waals surface area contributed by atoms with E-state index in [1.807, 2.05) is 0 Å². The molecule has 0 aliphatic carbocycles. The smallest absolute Gasteiger partial charge is 0.478 e. The topological polar surface area (TPSA) is 98.0 Å². The van der Waals surface area contributed by atoms with E-state index in [2.05, 4.69) is 0 Å². The van der Waals surface area contributed by atoms with Gasteiger partial charge in [-0.15, -0.1) is 0 Å². The third-order valence-electron chi connectivity index (χ3n) is 2.07. The Kier molecular flexibility index (Phi) is 3.84. The van der Waals surface area contributed by atoms with Gasteiger partial charge in [0.25, 0.3) is 0 Å². The van der Waals surface area contributed by atoms with Crippen LogP contribution in [0.2, 0.25) is 0 Å². The minimum absolute atomic E-state index is 0.0564. The van der Waals surface area contributed by atoms with Gasteiger partial charge in [0, 0.05) is 6.61 Å². The van der Waals surface area contributed by atoms with Gasteiger partial charge in [-0.1, -0.05) is 12.1 Å². The van der Waals surface area contributed by atoms with E-state index < -0.39 is 13.1 Å². The SMILES string of the molecule is O=C(O)c1cccc(CCO)c1B(O)O. The molecule has 6 heteroatoms. The van der Waals surface area contributed by atoms with Crippen molar-refractivity contribution in [3.05, 3.63) is 29.3 Å². The summed E-state index contributed by atoms with van der Waals surface area (Å²) in [5.41, 5.74) is 0.211. The summed E-state index contributed by atoms with van der Waals surface area (Å²) in [5, 5.41) is 35.7. The number of carboxylic acid groups (broad SMARTS) is 1. The van der Waals surface area contributed by atoms with E-state index >= 15 is 0 Å². The Morgan fingerprint density at radius 1 is 1.33 bits per heavy atom. The molecule has 0 unspecified atom stereocenters. The highest BCUT2D eigenvalue weighted by molar-refractivity contribution is 6.60. The van der Waals surface area contributed by atoms with Gasteiger partial charge >= 0.3 is 13.1 Å². The van der Waals surface area contributed by atoms with Crippen LogP contribution in [0.3, 0.4) is 0 Å². The molecule has 0 atom stereocenters. The van der Waals surface area contributed by atoms with Crippen LogP contribution in [0.5, 0.6) is 0 Å². The summed E-state index contributed by atoms with van der Waals surface area (Å²) in [4.78, 5) is 10.8. The minimum Gasteiger partial charge on any atom is -0.478 e. The first kappa shape index (κ1) is 11.7. The normalized spacial score (nSPS) is 10.1. The largest absolute Gasteiger partial charge is 0.489 e. The number of carboxylic acids is 1. The fourth-order valence-corrected chi connectivity index (χ4v) is 1.44. The molecular formula is C9H11BO5. The number of aromatic carboxylic acids is 1. The van der Waals surface area contributed by atoms with Gasteiger partial charge in [0.2, 0.25) is 0 Å². The Morgan fingerprint density at radius 2 is 2.00 bits per heavy atom. The molecule has 0 fully saturated rings. The molecule has 5 nitrogen and oxygen atoms in total. The third-order valence-corrected chi connectivity index (χ3v) is 2.07. The van der Waals surface area contributed by atoms with E-state index in [1.165, 1.54) is 12.1 Å². The van der Waals surface area contributed by atoms with Crippen LogP contribution in [0.4, 0.5) is 0 Å². The van der Waals surface area contributed by atoms with Crippen LogP contribution in [0.15, 0.2) is 18.2 Å². The Labute approximate surface area is 86.8 Å². The fourth-order valence-electron chi connectivity index (χ4n) is 1.44. The number of aliphatic hydroxyl groups is 1. The van der Waals surface area contributed by atoms with Crippen molar-refractivity contribution in [3.8, 4) is 0 Å². The standard InChI is InChI=1S/C9H11BO5/c11-5-4-6-2-1-3-7(9(12)13)8(6)10(14)15/h1-3,11,14-15H,4-5H2,(H,12,13). The maximum Gasteiger partial charge on any atom is 0.489 e. The molecule has 0 aliphatic heterocycles. The van der Waals surface area contributed by atoms with Gasteiger partial charge in [-0.25, -0.2) is 4.79 Å². The van der Waals surface area contributed by atoms with Gasteiger partial charge < -0.3 is 20.3 Å². The maximum absolute atomic E-state index is 10.8. The van der Waals surface area contributed by atoms with E-state index in [9.17, 15) is 4.79 Å². The van der Waals surface area contributed by atoms with Crippen LogP contribution in [0, 0.1) is 0 Å². The molecule has 0 saturated carbocycles. The second kappa shape index (κ2) is 4.93. The molecule has 1 rings (SSSR count). The average molecular weight is 210 g/mol. The molecule has 0 bridgehead atoms. The summed E-state index contributed by atoms with van der Waals surface area (Å²) < 4.78 is 0. The molecular weight excluding hydrogens is 199 g/mol. The first-order valence-corrected chi connectivity index (χ1v) is 4.40. The molecule has 0 aliphatic rings. The summed E-state index contributed by atoms with van der Waals surface area (Å²) in [6.07, 6.45) is 0.189. The van der Waals surface area contributed by atoms with Crippen LogP contribution >= 0.6 is 0 Å². The van der Waals surface area contributed by atoms with E-state index in [-0.39, 0.29) is 24.1 Å². The van der Waals surface area contributed by atoms with Crippen molar-refractivity contribution >= 4 is 18.6 Å². The summed E-state index contributed by atoms with van der Waals surface area (Å²) in [7, 11) is -1.85. The quantitative estimate of drug-likeness (QED) is 0.458. The molecule has 0 aromatic heterocycles. The zero-order valence-electron chi connectivity index (χ0n) is 7.92. The van der Waals surface area contributed by atoms with Gasteiger partial charge in [-0.05, 0) is 23.5 Å². The second-order valence-electron chi connectivity index (χ2n) is 3.03. The number of hydrogen-bond donors (Lipinski definition) is 4. The highest BCUT2D eigenvalue weighted by atomic mass is 16.4. The number of aliphatic hydroxyl groups excluding tert-OH is 1. The van der Waals surface area contributed by atoms with Crippen molar-refractivity contribution in [3.63, 3.8) is 0 Å². The predicted molar refractivity (Wildman–Crippen MR) is 54.0 cm³/mol. The molecule has 15 heavy (non-hydrogen) atoms. The first-order chi connectivity index (χ1) is 7.07. The Bertz CT molecular complexity index is 364. The highest BCUT2D eigenvalue weighted by Gasteiger charge is 2.23. The second-order valence-corrected chi connectivity index (χ2v) is 3.03. The molecule has 1 aromatic carbocycles. The molecule has 0 radical (unpaired) electrons. The molecule has 0 spiro atoms. The minimum atomic E-state index is -1.85. The zero-order valence-corrected chi connectivity index (χ0v) is 7.92. The van der Waals surface area contributed by atoms with Gasteiger partial charge in [0.1, 0.15) is 0 Å². The Balaban J connectivity index is 3.28. The van der Waals surface area contributed by atoms with Crippen LogP contribution in [0.1, 0.15) is 15.9 Å². The third kappa shape index (κ3) is 2.56. The first-order valence-electron chi connectivity index (χ1n) is 4.40. The van der Waals surface area contributed by atoms with Crippen molar-refractivity contribution in [1.82, 2.24) is 0 Å². The molecule has 80 valence electrons. The Morgan fingerprint density at radius 3 is 2.47 bits per heavy atom. The van der Waals surface area contributed by atoms with Gasteiger partial charge in [-0.2, -0.15) is 0 Å². The van der Waals surface area contributed by atoms with Crippen LogP contribution in [-0.2, 0) is 6.42 Å². The van der Waals surface area contributed by atoms with Gasteiger partial charge in [0.15, 0.2) is 0 Å². The summed E-state index contributed by atoms with van der Waals surface area (Å²) >= 11 is 0. The average Bonchev–Trinajstić information content (AvgIpc) is 2.17. The fraction of sp³-hybridized carbons (Fsp3) is 0.222. The van der Waals surface area contributed by atoms with Crippen molar-refractivity contribution in [1.29, 1.82) is 0 Å². The lowest BCUT2D eigenvalue weighted by atomic mass is 9.73. The van der Waals surface area contributed by atoms with Gasteiger partial charge in [-0.3, -0.25) is 0 Å². The monoisotopic (exact) mass is 210 g/mol. The number of hydrogen-bond acceptors (Lipinski definition) is 4. The van der Waals surface area contributed by atoms with Gasteiger partial charge in [0.05, 0.1) is 5.56 Å². The molecule has 0 heterocycles. The lowest BCUT2D eigenvalue weighted by Crippen LogP contribution is -2.37. The van der Waals surface area contributed by atoms with E-state index in [1.54, 1.807) is 6.07 Å². The number of rotatable bonds is 4. The predicted octanol–water partition coefficient (Wildman–Crippen LogP) is -1.40. The number of benzene rings is 1. The molecule has 1 aromatic rings. The summed E-state index contributed by atoms with van der Waals surface area (Å²) in [6.45, 7) is -0.178. The molecule has 0 saturated heterocycles. The van der Waals surface area contributed by atoms with Crippen molar-refractivity contribution in [2.45, 2.75) is 6.42 Å². The van der Waals surface area contributed by atoms with Crippen LogP contribution < -0.4 is 5.46 Å². The van der Waals surface area contributed by atoms with Crippen LogP contribution in [-0.4, -0.2) is 40.0 Å². The number of carbonyl (C=O) groups is 1. The van der Waals surface area contributed by atoms with Crippen molar-refractivity contribution in [2.24, 2.45) is 0 Å². The van der Waals surface area contributed by atoms with Crippen LogP contribution in [0.25, 0.3) is 0 Å². The summed E-state index contributed by atoms with van der Waals surface area (Å²) in [5.74, 6) is -1.22. The molecule has 4 N–H and O–H groups in total. The van der Waals surface area contributed by atoms with E-state index in [0.717, 1.165) is 0 Å². The molecule has 0 amide bonds. The zero-order chi connectivity index (χ0) is 11.4. The van der Waals surface area contributed by atoms with Crippen molar-refractivity contribution in [2.75, 3.05) is 6.61 Å². The highest BCUT2D eigenvalue weighted by Crippen LogP contribution is 2.04. The maximum atomic E-state index is 10.8. The Hall–Kier alpha value is -1.37. The van der Waals surface area contributed by atoms with E-state index in [0.29, 0.717) is 5.56 Å². The lowest BCUT2D eigenvalue weighted by Gasteiger charge is -2.10.